The lowest BCUT2D eigenvalue weighted by atomic mass is 10.1. The van der Waals surface area contributed by atoms with Crippen LogP contribution in [-0.2, 0) is 11.3 Å². The van der Waals surface area contributed by atoms with Crippen LogP contribution in [-0.4, -0.2) is 20.7 Å². The molecule has 8 heteroatoms. The molecule has 4 aromatic carbocycles. The van der Waals surface area contributed by atoms with Crippen molar-refractivity contribution in [1.82, 2.24) is 14.9 Å². The van der Waals surface area contributed by atoms with E-state index in [-0.39, 0.29) is 11.1 Å². The molecule has 1 saturated heterocycles. The Labute approximate surface area is 220 Å². The van der Waals surface area contributed by atoms with Gasteiger partial charge in [0.2, 0.25) is 0 Å². The number of hydrogen-bond acceptors (Lipinski definition) is 4. The van der Waals surface area contributed by atoms with Crippen molar-refractivity contribution in [2.75, 3.05) is 0 Å². The van der Waals surface area contributed by atoms with Crippen LogP contribution >= 0.6 is 35.0 Å². The number of imidazole rings is 1. The maximum atomic E-state index is 11.9. The van der Waals surface area contributed by atoms with Crippen LogP contribution in [0, 0.1) is 0 Å². The third kappa shape index (κ3) is 4.28. The van der Waals surface area contributed by atoms with Crippen molar-refractivity contribution in [3.05, 3.63) is 105 Å². The van der Waals surface area contributed by atoms with Crippen molar-refractivity contribution in [2.24, 2.45) is 0 Å². The summed E-state index contributed by atoms with van der Waals surface area (Å²) in [5.74, 6) is 0.402. The van der Waals surface area contributed by atoms with E-state index in [4.69, 9.17) is 28.2 Å². The summed E-state index contributed by atoms with van der Waals surface area (Å²) in [6, 6.07) is 26.0. The summed E-state index contributed by atoms with van der Waals surface area (Å²) in [4.78, 5) is 28.6. The molecular formula is C28H17Cl2N3O2S. The molecule has 1 fully saturated rings. The molecule has 0 spiro atoms. The SMILES string of the molecule is O=C1NC(=O)/C(=C/c2ccc(-c3nc4cc(Cl)c(Cl)cc4n3Cc3ccc4ccccc4c3)cc2)S1. The highest BCUT2D eigenvalue weighted by Crippen LogP contribution is 2.33. The highest BCUT2D eigenvalue weighted by molar-refractivity contribution is 8.18. The number of aromatic nitrogens is 2. The van der Waals surface area contributed by atoms with Gasteiger partial charge in [0.05, 0.1) is 26.0 Å². The summed E-state index contributed by atoms with van der Waals surface area (Å²) in [7, 11) is 0. The van der Waals surface area contributed by atoms with Crippen LogP contribution in [0.3, 0.4) is 0 Å². The third-order valence-corrected chi connectivity index (χ3v) is 7.59. The van der Waals surface area contributed by atoms with Crippen molar-refractivity contribution < 1.29 is 9.59 Å². The molecule has 2 heterocycles. The van der Waals surface area contributed by atoms with Crippen LogP contribution in [0.15, 0.2) is 83.8 Å². The zero-order valence-corrected chi connectivity index (χ0v) is 21.0. The first-order valence-electron chi connectivity index (χ1n) is 11.1. The number of nitrogens with one attached hydrogen (secondary N) is 1. The fourth-order valence-corrected chi connectivity index (χ4v) is 5.32. The molecule has 6 rings (SSSR count). The number of hydrogen-bond donors (Lipinski definition) is 1. The number of amides is 2. The second-order valence-corrected chi connectivity index (χ2v) is 10.3. The molecule has 0 atom stereocenters. The van der Waals surface area contributed by atoms with Crippen molar-refractivity contribution >= 4 is 74.0 Å². The number of benzene rings is 4. The molecule has 0 bridgehead atoms. The van der Waals surface area contributed by atoms with Gasteiger partial charge in [-0.1, -0.05) is 83.9 Å². The molecule has 0 aliphatic carbocycles. The fourth-order valence-electron chi connectivity index (χ4n) is 4.32. The van der Waals surface area contributed by atoms with Gasteiger partial charge in [0.1, 0.15) is 5.82 Å². The van der Waals surface area contributed by atoms with E-state index in [1.807, 2.05) is 42.5 Å². The number of carbonyl (C=O) groups is 2. The Kier molecular flexibility index (Phi) is 5.80. The quantitative estimate of drug-likeness (QED) is 0.244. The van der Waals surface area contributed by atoms with E-state index in [0.29, 0.717) is 21.5 Å². The van der Waals surface area contributed by atoms with Gasteiger partial charge in [-0.3, -0.25) is 14.9 Å². The molecule has 0 unspecified atom stereocenters. The number of halogens is 2. The first kappa shape index (κ1) is 22.9. The van der Waals surface area contributed by atoms with E-state index >= 15 is 0 Å². The molecule has 5 aromatic rings. The van der Waals surface area contributed by atoms with E-state index in [0.717, 1.165) is 45.3 Å². The molecular weight excluding hydrogens is 513 g/mol. The van der Waals surface area contributed by atoms with Gasteiger partial charge in [0.25, 0.3) is 11.1 Å². The Bertz CT molecular complexity index is 1730. The Morgan fingerprint density at radius 1 is 0.889 bits per heavy atom. The van der Waals surface area contributed by atoms with Gasteiger partial charge < -0.3 is 4.57 Å². The molecule has 1 aliphatic rings. The van der Waals surface area contributed by atoms with Crippen LogP contribution in [0.2, 0.25) is 10.0 Å². The number of rotatable bonds is 4. The Balaban J connectivity index is 1.43. The van der Waals surface area contributed by atoms with Crippen molar-refractivity contribution in [1.29, 1.82) is 0 Å². The zero-order valence-electron chi connectivity index (χ0n) is 18.7. The summed E-state index contributed by atoms with van der Waals surface area (Å²) in [6.45, 7) is 0.597. The van der Waals surface area contributed by atoms with Gasteiger partial charge in [-0.05, 0) is 57.9 Å². The predicted octanol–water partition coefficient (Wildman–Crippen LogP) is 7.54. The first-order valence-corrected chi connectivity index (χ1v) is 12.7. The average Bonchev–Trinajstić information content (AvgIpc) is 3.37. The molecule has 36 heavy (non-hydrogen) atoms. The topological polar surface area (TPSA) is 64.0 Å². The van der Waals surface area contributed by atoms with E-state index in [2.05, 4.69) is 40.2 Å². The van der Waals surface area contributed by atoms with E-state index in [1.54, 1.807) is 12.1 Å². The summed E-state index contributed by atoms with van der Waals surface area (Å²) in [5, 5.41) is 5.20. The summed E-state index contributed by atoms with van der Waals surface area (Å²) in [5.41, 5.74) is 4.49. The lowest BCUT2D eigenvalue weighted by Crippen LogP contribution is -2.17. The Morgan fingerprint density at radius 2 is 1.64 bits per heavy atom. The minimum Gasteiger partial charge on any atom is -0.319 e. The number of nitrogens with zero attached hydrogens (tertiary/aromatic N) is 2. The zero-order chi connectivity index (χ0) is 24.8. The number of carbonyl (C=O) groups excluding carboxylic acids is 2. The second-order valence-electron chi connectivity index (χ2n) is 8.43. The molecule has 2 amide bonds. The molecule has 0 radical (unpaired) electrons. The molecule has 176 valence electrons. The largest absolute Gasteiger partial charge is 0.319 e. The standard InChI is InChI=1S/C28H17Cl2N3O2S/c29-21-13-23-24(14-22(21)30)33(15-17-7-8-18-3-1-2-4-20(18)11-17)26(31-23)19-9-5-16(6-10-19)12-25-27(34)32-28(35)36-25/h1-14H,15H2,(H,32,34,35)/b25-12-. The van der Waals surface area contributed by atoms with E-state index in [1.165, 1.54) is 10.8 Å². The van der Waals surface area contributed by atoms with Crippen LogP contribution in [0.4, 0.5) is 4.79 Å². The van der Waals surface area contributed by atoms with Crippen LogP contribution in [0.5, 0.6) is 0 Å². The maximum absolute atomic E-state index is 11.9. The Morgan fingerprint density at radius 3 is 2.39 bits per heavy atom. The molecule has 1 aromatic heterocycles. The number of fused-ring (bicyclic) bond motifs is 2. The van der Waals surface area contributed by atoms with E-state index in [9.17, 15) is 9.59 Å². The van der Waals surface area contributed by atoms with Gasteiger partial charge in [-0.25, -0.2) is 4.98 Å². The average molecular weight is 530 g/mol. The van der Waals surface area contributed by atoms with Crippen molar-refractivity contribution in [3.63, 3.8) is 0 Å². The Hall–Kier alpha value is -3.58. The third-order valence-electron chi connectivity index (χ3n) is 6.05. The van der Waals surface area contributed by atoms with E-state index < -0.39 is 0 Å². The second kappa shape index (κ2) is 9.13. The molecule has 1 N–H and O–H groups in total. The fraction of sp³-hybridized carbons (Fsp3) is 0.0357. The van der Waals surface area contributed by atoms with Gasteiger partial charge in [-0.15, -0.1) is 0 Å². The van der Waals surface area contributed by atoms with Crippen LogP contribution in [0.1, 0.15) is 11.1 Å². The highest BCUT2D eigenvalue weighted by atomic mass is 35.5. The van der Waals surface area contributed by atoms with Crippen LogP contribution in [0.25, 0.3) is 39.3 Å². The number of imide groups is 1. The normalized spacial score (nSPS) is 14.8. The number of thioether (sulfide) groups is 1. The van der Waals surface area contributed by atoms with Crippen molar-refractivity contribution in [2.45, 2.75) is 6.54 Å². The smallest absolute Gasteiger partial charge is 0.290 e. The molecule has 5 nitrogen and oxygen atoms in total. The highest BCUT2D eigenvalue weighted by Gasteiger charge is 2.25. The summed E-state index contributed by atoms with van der Waals surface area (Å²) >= 11 is 13.6. The lowest BCUT2D eigenvalue weighted by Gasteiger charge is -2.11. The van der Waals surface area contributed by atoms with Gasteiger partial charge in [0, 0.05) is 12.1 Å². The monoisotopic (exact) mass is 529 g/mol. The summed E-state index contributed by atoms with van der Waals surface area (Å²) < 4.78 is 2.13. The molecule has 0 saturated carbocycles. The minimum atomic E-state index is -0.375. The van der Waals surface area contributed by atoms with Crippen molar-refractivity contribution in [3.8, 4) is 11.4 Å². The van der Waals surface area contributed by atoms with Gasteiger partial charge in [-0.2, -0.15) is 0 Å². The van der Waals surface area contributed by atoms with Crippen LogP contribution < -0.4 is 5.32 Å². The van der Waals surface area contributed by atoms with Gasteiger partial charge in [0.15, 0.2) is 0 Å². The maximum Gasteiger partial charge on any atom is 0.290 e. The van der Waals surface area contributed by atoms with Gasteiger partial charge >= 0.3 is 0 Å². The summed E-state index contributed by atoms with van der Waals surface area (Å²) in [6.07, 6.45) is 1.70. The first-order chi connectivity index (χ1) is 17.4. The minimum absolute atomic E-state index is 0.359. The molecule has 1 aliphatic heterocycles. The lowest BCUT2D eigenvalue weighted by molar-refractivity contribution is -0.115. The predicted molar refractivity (Wildman–Crippen MR) is 147 cm³/mol.